The van der Waals surface area contributed by atoms with Gasteiger partial charge in [0.15, 0.2) is 0 Å². The van der Waals surface area contributed by atoms with Gasteiger partial charge in [-0.15, -0.1) is 0 Å². The zero-order valence-corrected chi connectivity index (χ0v) is 11.7. The van der Waals surface area contributed by atoms with E-state index in [1.54, 1.807) is 7.11 Å². The first-order chi connectivity index (χ1) is 10.2. The van der Waals surface area contributed by atoms with Gasteiger partial charge in [0.25, 0.3) is 0 Å². The van der Waals surface area contributed by atoms with Crippen molar-refractivity contribution in [3.05, 3.63) is 53.9 Å². The molecule has 1 unspecified atom stereocenters. The van der Waals surface area contributed by atoms with Gasteiger partial charge in [-0.05, 0) is 24.3 Å². The second-order valence-electron chi connectivity index (χ2n) is 4.82. The minimum Gasteiger partial charge on any atom is -0.496 e. The molecule has 0 saturated carbocycles. The molecule has 1 heterocycles. The van der Waals surface area contributed by atoms with Crippen molar-refractivity contribution in [2.24, 2.45) is 5.73 Å². The van der Waals surface area contributed by atoms with E-state index in [-0.39, 0.29) is 11.9 Å². The molecule has 21 heavy (non-hydrogen) atoms. The maximum atomic E-state index is 13.9. The molecule has 1 aliphatic heterocycles. The van der Waals surface area contributed by atoms with Crippen molar-refractivity contribution >= 4 is 6.08 Å². The molecule has 0 aromatic heterocycles. The Bertz CT molecular complexity index is 697. The fourth-order valence-electron chi connectivity index (χ4n) is 2.47. The zero-order valence-electron chi connectivity index (χ0n) is 11.7. The highest BCUT2D eigenvalue weighted by Crippen LogP contribution is 2.41. The largest absolute Gasteiger partial charge is 0.496 e. The Morgan fingerprint density at radius 3 is 2.81 bits per heavy atom. The van der Waals surface area contributed by atoms with E-state index in [9.17, 15) is 4.39 Å². The van der Waals surface area contributed by atoms with Crippen LogP contribution in [0.15, 0.2) is 42.5 Å². The van der Waals surface area contributed by atoms with Gasteiger partial charge in [0.1, 0.15) is 23.4 Å². The molecule has 1 aliphatic rings. The molecule has 0 spiro atoms. The summed E-state index contributed by atoms with van der Waals surface area (Å²) >= 11 is 0. The first kappa shape index (κ1) is 13.6. The topological polar surface area (TPSA) is 44.5 Å². The normalized spacial score (nSPS) is 16.2. The summed E-state index contributed by atoms with van der Waals surface area (Å²) < 4.78 is 25.2. The summed E-state index contributed by atoms with van der Waals surface area (Å²) in [5.74, 6) is 1.00. The van der Waals surface area contributed by atoms with Gasteiger partial charge in [0.05, 0.1) is 7.11 Å². The Hall–Kier alpha value is -2.33. The van der Waals surface area contributed by atoms with Crippen molar-refractivity contribution in [2.45, 2.75) is 6.10 Å². The van der Waals surface area contributed by atoms with Gasteiger partial charge in [-0.3, -0.25) is 0 Å². The van der Waals surface area contributed by atoms with Crippen LogP contribution in [-0.4, -0.2) is 19.8 Å². The zero-order chi connectivity index (χ0) is 14.8. The highest BCUT2D eigenvalue weighted by Gasteiger charge is 2.21. The molecule has 0 saturated heterocycles. The smallest absolute Gasteiger partial charge is 0.135 e. The predicted molar refractivity (Wildman–Crippen MR) is 80.9 cm³/mol. The van der Waals surface area contributed by atoms with Crippen molar-refractivity contribution in [3.8, 4) is 22.6 Å². The van der Waals surface area contributed by atoms with Crippen molar-refractivity contribution in [1.82, 2.24) is 0 Å². The van der Waals surface area contributed by atoms with Crippen LogP contribution in [-0.2, 0) is 0 Å². The number of para-hydroxylation sites is 1. The molecule has 1 atom stereocenters. The van der Waals surface area contributed by atoms with Crippen molar-refractivity contribution in [3.63, 3.8) is 0 Å². The molecular formula is C17H16FNO2. The molecule has 2 aromatic carbocycles. The Morgan fingerprint density at radius 1 is 1.24 bits per heavy atom. The minimum absolute atomic E-state index is 0.198. The van der Waals surface area contributed by atoms with E-state index in [1.807, 2.05) is 36.4 Å². The summed E-state index contributed by atoms with van der Waals surface area (Å²) in [6, 6.07) is 10.4. The number of hydrogen-bond acceptors (Lipinski definition) is 3. The molecule has 0 fully saturated rings. The summed E-state index contributed by atoms with van der Waals surface area (Å²) in [7, 11) is 1.59. The first-order valence-corrected chi connectivity index (χ1v) is 6.75. The van der Waals surface area contributed by atoms with Crippen LogP contribution in [0.5, 0.6) is 11.5 Å². The lowest BCUT2D eigenvalue weighted by atomic mass is 9.98. The highest BCUT2D eigenvalue weighted by atomic mass is 19.1. The molecule has 2 aromatic rings. The van der Waals surface area contributed by atoms with E-state index >= 15 is 0 Å². The lowest BCUT2D eigenvalue weighted by Crippen LogP contribution is -2.26. The number of fused-ring (bicyclic) bond motifs is 1. The van der Waals surface area contributed by atoms with Gasteiger partial charge in [-0.25, -0.2) is 4.39 Å². The lowest BCUT2D eigenvalue weighted by Gasteiger charge is -2.23. The Kier molecular flexibility index (Phi) is 3.62. The number of nitrogens with two attached hydrogens (primary N) is 1. The maximum Gasteiger partial charge on any atom is 0.135 e. The van der Waals surface area contributed by atoms with Gasteiger partial charge in [0.2, 0.25) is 0 Å². The van der Waals surface area contributed by atoms with E-state index in [0.717, 1.165) is 5.56 Å². The highest BCUT2D eigenvalue weighted by molar-refractivity contribution is 5.81. The second-order valence-corrected chi connectivity index (χ2v) is 4.82. The van der Waals surface area contributed by atoms with E-state index < -0.39 is 0 Å². The first-order valence-electron chi connectivity index (χ1n) is 6.75. The van der Waals surface area contributed by atoms with Crippen molar-refractivity contribution in [1.29, 1.82) is 0 Å². The third-order valence-corrected chi connectivity index (χ3v) is 3.47. The Balaban J connectivity index is 2.20. The molecule has 3 rings (SSSR count). The molecule has 0 bridgehead atoms. The second kappa shape index (κ2) is 5.58. The van der Waals surface area contributed by atoms with Crippen LogP contribution in [0, 0.1) is 5.82 Å². The third-order valence-electron chi connectivity index (χ3n) is 3.47. The van der Waals surface area contributed by atoms with Crippen LogP contribution in [0.4, 0.5) is 4.39 Å². The predicted octanol–water partition coefficient (Wildman–Crippen LogP) is 3.23. The number of ether oxygens (including phenoxy) is 2. The fraction of sp³-hybridized carbons (Fsp3) is 0.176. The van der Waals surface area contributed by atoms with Gasteiger partial charge < -0.3 is 15.2 Å². The Morgan fingerprint density at radius 2 is 2.05 bits per heavy atom. The molecule has 4 heteroatoms. The van der Waals surface area contributed by atoms with Crippen LogP contribution in [0.2, 0.25) is 0 Å². The molecule has 0 amide bonds. The van der Waals surface area contributed by atoms with Gasteiger partial charge in [0, 0.05) is 23.2 Å². The molecular weight excluding hydrogens is 269 g/mol. The number of hydrogen-bond donors (Lipinski definition) is 1. The minimum atomic E-state index is -0.311. The standard InChI is InChI=1S/C17H16FNO2/c1-20-16-5-3-2-4-14(16)15-9-12(18)8-11-6-7-13(10-19)21-17(11)15/h2-9,13H,10,19H2,1H3. The van der Waals surface area contributed by atoms with Gasteiger partial charge >= 0.3 is 0 Å². The number of halogens is 1. The lowest BCUT2D eigenvalue weighted by molar-refractivity contribution is 0.254. The number of benzene rings is 2. The fourth-order valence-corrected chi connectivity index (χ4v) is 2.47. The molecule has 0 radical (unpaired) electrons. The molecule has 0 aliphatic carbocycles. The van der Waals surface area contributed by atoms with Crippen LogP contribution < -0.4 is 15.2 Å². The van der Waals surface area contributed by atoms with Gasteiger partial charge in [-0.1, -0.05) is 24.3 Å². The molecule has 3 nitrogen and oxygen atoms in total. The summed E-state index contributed by atoms with van der Waals surface area (Å²) in [6.07, 6.45) is 3.49. The summed E-state index contributed by atoms with van der Waals surface area (Å²) in [6.45, 7) is 0.374. The summed E-state index contributed by atoms with van der Waals surface area (Å²) in [5.41, 5.74) is 7.83. The average Bonchev–Trinajstić information content (AvgIpc) is 2.53. The average molecular weight is 285 g/mol. The van der Waals surface area contributed by atoms with Crippen LogP contribution in [0.25, 0.3) is 17.2 Å². The Labute approximate surface area is 122 Å². The van der Waals surface area contributed by atoms with Crippen LogP contribution >= 0.6 is 0 Å². The SMILES string of the molecule is COc1ccccc1-c1cc(F)cc2c1OC(CN)C=C2. The van der Waals surface area contributed by atoms with E-state index in [0.29, 0.717) is 29.2 Å². The maximum absolute atomic E-state index is 13.9. The van der Waals surface area contributed by atoms with Crippen molar-refractivity contribution in [2.75, 3.05) is 13.7 Å². The molecule has 2 N–H and O–H groups in total. The quantitative estimate of drug-likeness (QED) is 0.941. The van der Waals surface area contributed by atoms with Crippen molar-refractivity contribution < 1.29 is 13.9 Å². The van der Waals surface area contributed by atoms with Crippen LogP contribution in [0.1, 0.15) is 5.56 Å². The van der Waals surface area contributed by atoms with E-state index in [1.165, 1.54) is 12.1 Å². The van der Waals surface area contributed by atoms with Gasteiger partial charge in [-0.2, -0.15) is 0 Å². The van der Waals surface area contributed by atoms with Crippen LogP contribution in [0.3, 0.4) is 0 Å². The number of methoxy groups -OCH3 is 1. The molecule has 108 valence electrons. The number of rotatable bonds is 3. The summed E-state index contributed by atoms with van der Waals surface area (Å²) in [4.78, 5) is 0. The monoisotopic (exact) mass is 285 g/mol. The van der Waals surface area contributed by atoms with E-state index in [2.05, 4.69) is 0 Å². The van der Waals surface area contributed by atoms with E-state index in [4.69, 9.17) is 15.2 Å². The third kappa shape index (κ3) is 2.50. The summed E-state index contributed by atoms with van der Waals surface area (Å²) in [5, 5.41) is 0.